The van der Waals surface area contributed by atoms with Gasteiger partial charge in [0.15, 0.2) is 0 Å². The average Bonchev–Trinajstić information content (AvgIpc) is 2.49. The van der Waals surface area contributed by atoms with Crippen LogP contribution in [0.2, 0.25) is 5.02 Å². The number of hydrogen-bond donors (Lipinski definition) is 1. The highest BCUT2D eigenvalue weighted by molar-refractivity contribution is 6.31. The first kappa shape index (κ1) is 13.9. The summed E-state index contributed by atoms with van der Waals surface area (Å²) >= 11 is 5.81. The molecule has 1 radical (unpaired) electrons. The van der Waals surface area contributed by atoms with Crippen molar-refractivity contribution < 1.29 is 8.78 Å². The van der Waals surface area contributed by atoms with E-state index in [0.29, 0.717) is 5.56 Å². The summed E-state index contributed by atoms with van der Waals surface area (Å²) < 4.78 is 26.7. The second kappa shape index (κ2) is 5.35. The van der Waals surface area contributed by atoms with Gasteiger partial charge in [-0.3, -0.25) is 0 Å². The van der Waals surface area contributed by atoms with Gasteiger partial charge < -0.3 is 5.73 Å². The smallest absolute Gasteiger partial charge is 0.311 e. The largest absolute Gasteiger partial charge is 0.319 e. The van der Waals surface area contributed by atoms with Crippen LogP contribution in [0.25, 0.3) is 10.8 Å². The van der Waals surface area contributed by atoms with Crippen molar-refractivity contribution in [1.29, 1.82) is 0 Å². The predicted octanol–water partition coefficient (Wildman–Crippen LogP) is 3.41. The molecular weight excluding hydrogens is 296 g/mol. The fraction of sp³-hybridized carbons (Fsp3) is 0.0667. The van der Waals surface area contributed by atoms with Crippen LogP contribution >= 0.6 is 11.6 Å². The summed E-state index contributed by atoms with van der Waals surface area (Å²) in [4.78, 5) is 6.47. The van der Waals surface area contributed by atoms with E-state index in [1.165, 1.54) is 0 Å². The number of rotatable bonds is 2. The molecule has 0 aliphatic rings. The van der Waals surface area contributed by atoms with E-state index >= 15 is 0 Å². The molecule has 3 rings (SSSR count). The summed E-state index contributed by atoms with van der Waals surface area (Å²) in [6.45, 7) is 0. The fourth-order valence-corrected chi connectivity index (χ4v) is 2.43. The van der Waals surface area contributed by atoms with E-state index in [1.807, 2.05) is 12.1 Å². The zero-order valence-corrected chi connectivity index (χ0v) is 11.4. The molecule has 0 aliphatic carbocycles. The van der Waals surface area contributed by atoms with Crippen LogP contribution in [0, 0.1) is 18.1 Å². The molecule has 0 saturated carbocycles. The van der Waals surface area contributed by atoms with Gasteiger partial charge in [0.2, 0.25) is 5.95 Å². The van der Waals surface area contributed by atoms with Crippen molar-refractivity contribution in [1.82, 2.24) is 9.97 Å². The summed E-state index contributed by atoms with van der Waals surface area (Å²) in [6, 6.07) is 12.9. The minimum atomic E-state index is -1.20. The lowest BCUT2D eigenvalue weighted by Gasteiger charge is -2.15. The molecule has 0 bridgehead atoms. The molecule has 21 heavy (non-hydrogen) atoms. The number of hydrogen-bond acceptors (Lipinski definition) is 3. The lowest BCUT2D eigenvalue weighted by Crippen LogP contribution is -2.17. The van der Waals surface area contributed by atoms with Gasteiger partial charge in [-0.1, -0.05) is 41.9 Å². The van der Waals surface area contributed by atoms with Gasteiger partial charge in [0.1, 0.15) is 5.02 Å². The average molecular weight is 305 g/mol. The van der Waals surface area contributed by atoms with Crippen molar-refractivity contribution in [2.45, 2.75) is 6.04 Å². The first-order valence-corrected chi connectivity index (χ1v) is 6.48. The Hall–Kier alpha value is -2.11. The maximum absolute atomic E-state index is 13.4. The van der Waals surface area contributed by atoms with Crippen LogP contribution in [0.4, 0.5) is 8.78 Å². The summed E-state index contributed by atoms with van der Waals surface area (Å²) in [5.41, 5.74) is 6.69. The van der Waals surface area contributed by atoms with E-state index in [1.54, 1.807) is 24.3 Å². The third-order valence-electron chi connectivity index (χ3n) is 3.20. The predicted molar refractivity (Wildman–Crippen MR) is 75.8 cm³/mol. The normalized spacial score (nSPS) is 12.6. The van der Waals surface area contributed by atoms with E-state index in [9.17, 15) is 8.78 Å². The highest BCUT2D eigenvalue weighted by Crippen LogP contribution is 2.30. The Morgan fingerprint density at radius 3 is 2.81 bits per heavy atom. The third-order valence-corrected chi connectivity index (χ3v) is 3.55. The number of halogens is 3. The van der Waals surface area contributed by atoms with Crippen molar-refractivity contribution >= 4 is 22.4 Å². The van der Waals surface area contributed by atoms with Gasteiger partial charge in [0.05, 0.1) is 11.7 Å². The molecule has 0 saturated heterocycles. The number of nitrogens with two attached hydrogens (primary N) is 1. The Kier molecular flexibility index (Phi) is 3.53. The molecule has 1 aromatic heterocycles. The molecule has 1 atom stereocenters. The standard InChI is InChI=1S/C15H9ClF2N3/c16-11-13(20-15(18)21-14(11)17)12(19)10-7-3-5-8-4-1-2-6-9(8)10/h2-7,12H,19H2. The second-order valence-corrected chi connectivity index (χ2v) is 4.83. The monoisotopic (exact) mass is 304 g/mol. The van der Waals surface area contributed by atoms with Crippen LogP contribution in [0.5, 0.6) is 0 Å². The van der Waals surface area contributed by atoms with E-state index in [0.717, 1.165) is 10.8 Å². The second-order valence-electron chi connectivity index (χ2n) is 4.45. The lowest BCUT2D eigenvalue weighted by atomic mass is 9.97. The highest BCUT2D eigenvalue weighted by Gasteiger charge is 2.21. The van der Waals surface area contributed by atoms with Gasteiger partial charge in [-0.05, 0) is 28.5 Å². The van der Waals surface area contributed by atoms with Crippen molar-refractivity contribution in [3.05, 3.63) is 70.8 Å². The molecular formula is C15H9ClF2N3. The summed E-state index contributed by atoms with van der Waals surface area (Å²) in [7, 11) is 0. The Labute approximate surface area is 124 Å². The highest BCUT2D eigenvalue weighted by atomic mass is 35.5. The molecule has 3 nitrogen and oxygen atoms in total. The molecule has 0 aliphatic heterocycles. The SMILES string of the molecule is NC(c1nc(F)nc(F)c1Cl)c1cccc2c[c]ccc12. The first-order chi connectivity index (χ1) is 10.1. The quantitative estimate of drug-likeness (QED) is 0.583. The molecule has 6 heteroatoms. The third kappa shape index (κ3) is 2.46. The molecule has 2 aromatic carbocycles. The molecule has 2 N–H and O–H groups in total. The summed E-state index contributed by atoms with van der Waals surface area (Å²) in [5.74, 6) is -1.12. The van der Waals surface area contributed by atoms with E-state index in [4.69, 9.17) is 17.3 Å². The molecule has 1 heterocycles. The van der Waals surface area contributed by atoms with Crippen LogP contribution in [-0.2, 0) is 0 Å². The van der Waals surface area contributed by atoms with Crippen LogP contribution in [0.15, 0.2) is 36.4 Å². The van der Waals surface area contributed by atoms with Gasteiger partial charge in [-0.15, -0.1) is 0 Å². The first-order valence-electron chi connectivity index (χ1n) is 6.10. The fourth-order valence-electron chi connectivity index (χ4n) is 2.22. The van der Waals surface area contributed by atoms with Crippen LogP contribution in [0.1, 0.15) is 17.3 Å². The van der Waals surface area contributed by atoms with Crippen molar-refractivity contribution in [3.8, 4) is 0 Å². The summed E-state index contributed by atoms with van der Waals surface area (Å²) in [5, 5.41) is 1.39. The van der Waals surface area contributed by atoms with Gasteiger partial charge in [0, 0.05) is 0 Å². The Morgan fingerprint density at radius 2 is 2.00 bits per heavy atom. The lowest BCUT2D eigenvalue weighted by molar-refractivity contribution is 0.474. The van der Waals surface area contributed by atoms with E-state index < -0.39 is 18.1 Å². The maximum Gasteiger partial charge on any atom is 0.311 e. The van der Waals surface area contributed by atoms with Crippen molar-refractivity contribution in [2.75, 3.05) is 0 Å². The Balaban J connectivity index is 2.19. The minimum absolute atomic E-state index is 0.0815. The number of benzene rings is 2. The Morgan fingerprint density at radius 1 is 1.19 bits per heavy atom. The molecule has 1 unspecified atom stereocenters. The van der Waals surface area contributed by atoms with Crippen molar-refractivity contribution in [3.63, 3.8) is 0 Å². The van der Waals surface area contributed by atoms with E-state index in [-0.39, 0.29) is 10.7 Å². The number of nitrogens with zero attached hydrogens (tertiary/aromatic N) is 2. The Bertz CT molecular complexity index is 818. The molecule has 0 spiro atoms. The van der Waals surface area contributed by atoms with Crippen LogP contribution in [-0.4, -0.2) is 9.97 Å². The number of aromatic nitrogens is 2. The van der Waals surface area contributed by atoms with Crippen LogP contribution in [0.3, 0.4) is 0 Å². The van der Waals surface area contributed by atoms with Gasteiger partial charge in [-0.25, -0.2) is 4.98 Å². The van der Waals surface area contributed by atoms with Crippen molar-refractivity contribution in [2.24, 2.45) is 5.73 Å². The molecule has 0 amide bonds. The minimum Gasteiger partial charge on any atom is -0.319 e. The zero-order chi connectivity index (χ0) is 15.0. The van der Waals surface area contributed by atoms with Crippen LogP contribution < -0.4 is 5.73 Å². The van der Waals surface area contributed by atoms with Gasteiger partial charge >= 0.3 is 6.08 Å². The number of fused-ring (bicyclic) bond motifs is 1. The molecule has 0 fully saturated rings. The van der Waals surface area contributed by atoms with E-state index in [2.05, 4.69) is 16.0 Å². The summed E-state index contributed by atoms with van der Waals surface area (Å²) in [6.07, 6.45) is -1.20. The topological polar surface area (TPSA) is 51.8 Å². The maximum atomic E-state index is 13.4. The zero-order valence-electron chi connectivity index (χ0n) is 10.6. The molecule has 105 valence electrons. The molecule has 3 aromatic rings. The van der Waals surface area contributed by atoms with Gasteiger partial charge in [0.25, 0.3) is 0 Å². The van der Waals surface area contributed by atoms with Gasteiger partial charge in [-0.2, -0.15) is 13.8 Å².